The topological polar surface area (TPSA) is 0 Å². The van der Waals surface area contributed by atoms with Gasteiger partial charge in [-0.25, -0.2) is 0 Å². The standard InChI is InChI=1S/C11H18/c1-3-5-7-9-11-10-8-6-4-2/h3H,1,4-7,9,11H2,2H3. The summed E-state index contributed by atoms with van der Waals surface area (Å²) in [6.07, 6.45) is 8.87. The van der Waals surface area contributed by atoms with Crippen molar-refractivity contribution in [2.45, 2.75) is 45.4 Å². The molecular formula is C11H18. The third-order valence-corrected chi connectivity index (χ3v) is 1.46. The van der Waals surface area contributed by atoms with Crippen molar-refractivity contribution in [3.63, 3.8) is 0 Å². The number of allylic oxidation sites excluding steroid dienone is 1. The highest BCUT2D eigenvalue weighted by Gasteiger charge is 1.81. The zero-order chi connectivity index (χ0) is 8.36. The predicted molar refractivity (Wildman–Crippen MR) is 51.3 cm³/mol. The second kappa shape index (κ2) is 9.30. The molecule has 0 saturated heterocycles. The minimum absolute atomic E-state index is 1.06. The summed E-state index contributed by atoms with van der Waals surface area (Å²) in [7, 11) is 0. The number of hydrogen-bond acceptors (Lipinski definition) is 0. The molecular weight excluding hydrogens is 132 g/mol. The Hall–Kier alpha value is -0.700. The highest BCUT2D eigenvalue weighted by atomic mass is 13.9. The average Bonchev–Trinajstić information content (AvgIpc) is 2.03. The summed E-state index contributed by atoms with van der Waals surface area (Å²) in [5.74, 6) is 6.30. The predicted octanol–water partition coefficient (Wildman–Crippen LogP) is 3.54. The first-order chi connectivity index (χ1) is 5.41. The molecule has 0 aliphatic rings. The molecule has 0 aromatic rings. The molecule has 0 saturated carbocycles. The van der Waals surface area contributed by atoms with Crippen molar-refractivity contribution in [3.8, 4) is 11.8 Å². The summed E-state index contributed by atoms with van der Waals surface area (Å²) < 4.78 is 0. The molecule has 0 radical (unpaired) electrons. The van der Waals surface area contributed by atoms with Gasteiger partial charge in [0, 0.05) is 12.8 Å². The minimum atomic E-state index is 1.06. The van der Waals surface area contributed by atoms with Gasteiger partial charge in [-0.3, -0.25) is 0 Å². The largest absolute Gasteiger partial charge is 0.103 e. The smallest absolute Gasteiger partial charge is 0.00887 e. The van der Waals surface area contributed by atoms with Crippen LogP contribution in [0, 0.1) is 11.8 Å². The van der Waals surface area contributed by atoms with E-state index in [9.17, 15) is 0 Å². The third-order valence-electron chi connectivity index (χ3n) is 1.46. The molecule has 0 N–H and O–H groups in total. The second-order valence-corrected chi connectivity index (χ2v) is 2.64. The number of unbranched alkanes of at least 4 members (excludes halogenated alkanes) is 4. The Morgan fingerprint density at radius 1 is 1.18 bits per heavy atom. The fourth-order valence-electron chi connectivity index (χ4n) is 0.804. The van der Waals surface area contributed by atoms with Crippen LogP contribution in [0.15, 0.2) is 12.7 Å². The van der Waals surface area contributed by atoms with Crippen LogP contribution in [-0.2, 0) is 0 Å². The van der Waals surface area contributed by atoms with Gasteiger partial charge in [-0.2, -0.15) is 0 Å². The molecule has 0 rings (SSSR count). The molecule has 0 nitrogen and oxygen atoms in total. The van der Waals surface area contributed by atoms with E-state index in [1.54, 1.807) is 0 Å². The summed E-state index contributed by atoms with van der Waals surface area (Å²) in [6, 6.07) is 0. The molecule has 0 aliphatic carbocycles. The minimum Gasteiger partial charge on any atom is -0.103 e. The monoisotopic (exact) mass is 150 g/mol. The molecule has 11 heavy (non-hydrogen) atoms. The van der Waals surface area contributed by atoms with Crippen molar-refractivity contribution in [2.24, 2.45) is 0 Å². The molecule has 0 atom stereocenters. The van der Waals surface area contributed by atoms with E-state index < -0.39 is 0 Å². The first-order valence-electron chi connectivity index (χ1n) is 4.48. The first-order valence-corrected chi connectivity index (χ1v) is 4.48. The summed E-state index contributed by atoms with van der Waals surface area (Å²) >= 11 is 0. The van der Waals surface area contributed by atoms with Crippen molar-refractivity contribution < 1.29 is 0 Å². The molecule has 0 unspecified atom stereocenters. The van der Waals surface area contributed by atoms with Gasteiger partial charge in [0.05, 0.1) is 0 Å². The molecule has 0 aliphatic heterocycles. The lowest BCUT2D eigenvalue weighted by molar-refractivity contribution is 0.772. The van der Waals surface area contributed by atoms with Crippen molar-refractivity contribution in [2.75, 3.05) is 0 Å². The van der Waals surface area contributed by atoms with E-state index in [2.05, 4.69) is 25.3 Å². The van der Waals surface area contributed by atoms with Crippen molar-refractivity contribution in [3.05, 3.63) is 12.7 Å². The molecule has 0 aromatic heterocycles. The van der Waals surface area contributed by atoms with Gasteiger partial charge in [-0.1, -0.05) is 13.0 Å². The Balaban J connectivity index is 3.02. The zero-order valence-electron chi connectivity index (χ0n) is 7.53. The van der Waals surface area contributed by atoms with Crippen molar-refractivity contribution in [1.82, 2.24) is 0 Å². The van der Waals surface area contributed by atoms with Crippen molar-refractivity contribution in [1.29, 1.82) is 0 Å². The lowest BCUT2D eigenvalue weighted by atomic mass is 10.2. The van der Waals surface area contributed by atoms with Crippen LogP contribution in [0.2, 0.25) is 0 Å². The molecule has 0 heteroatoms. The number of hydrogen-bond donors (Lipinski definition) is 0. The van der Waals surface area contributed by atoms with Crippen LogP contribution in [0.3, 0.4) is 0 Å². The average molecular weight is 150 g/mol. The molecule has 62 valence electrons. The molecule has 0 amide bonds. The van der Waals surface area contributed by atoms with E-state index >= 15 is 0 Å². The summed E-state index contributed by atoms with van der Waals surface area (Å²) in [5.41, 5.74) is 0. The van der Waals surface area contributed by atoms with Gasteiger partial charge in [0.15, 0.2) is 0 Å². The van der Waals surface area contributed by atoms with E-state index in [1.807, 2.05) is 6.08 Å². The van der Waals surface area contributed by atoms with E-state index in [4.69, 9.17) is 0 Å². The SMILES string of the molecule is C=CCCCCC#CCCC. The fraction of sp³-hybridized carbons (Fsp3) is 0.636. The van der Waals surface area contributed by atoms with Crippen LogP contribution in [0.5, 0.6) is 0 Å². The second-order valence-electron chi connectivity index (χ2n) is 2.64. The van der Waals surface area contributed by atoms with Crippen LogP contribution < -0.4 is 0 Å². The molecule has 0 aromatic carbocycles. The summed E-state index contributed by atoms with van der Waals surface area (Å²) in [4.78, 5) is 0. The van der Waals surface area contributed by atoms with Gasteiger partial charge in [-0.15, -0.1) is 18.4 Å². The Bertz CT molecular complexity index is 134. The van der Waals surface area contributed by atoms with Crippen LogP contribution in [0.25, 0.3) is 0 Å². The van der Waals surface area contributed by atoms with Gasteiger partial charge in [0.1, 0.15) is 0 Å². The van der Waals surface area contributed by atoms with E-state index in [-0.39, 0.29) is 0 Å². The number of rotatable bonds is 5. The Morgan fingerprint density at radius 3 is 2.55 bits per heavy atom. The van der Waals surface area contributed by atoms with Crippen LogP contribution in [0.4, 0.5) is 0 Å². The highest BCUT2D eigenvalue weighted by Crippen LogP contribution is 1.98. The Morgan fingerprint density at radius 2 is 1.91 bits per heavy atom. The lowest BCUT2D eigenvalue weighted by Crippen LogP contribution is -1.72. The van der Waals surface area contributed by atoms with E-state index in [0.717, 1.165) is 19.3 Å². The third kappa shape index (κ3) is 9.30. The Kier molecular flexibility index (Phi) is 8.71. The van der Waals surface area contributed by atoms with Crippen LogP contribution >= 0.6 is 0 Å². The maximum atomic E-state index is 3.67. The molecule has 0 heterocycles. The van der Waals surface area contributed by atoms with E-state index in [0.29, 0.717) is 0 Å². The van der Waals surface area contributed by atoms with Gasteiger partial charge < -0.3 is 0 Å². The molecule has 0 spiro atoms. The molecule has 0 fully saturated rings. The fourth-order valence-corrected chi connectivity index (χ4v) is 0.804. The lowest BCUT2D eigenvalue weighted by Gasteiger charge is -1.89. The maximum absolute atomic E-state index is 3.67. The Labute approximate surface area is 70.7 Å². The quantitative estimate of drug-likeness (QED) is 0.319. The van der Waals surface area contributed by atoms with Gasteiger partial charge in [0.25, 0.3) is 0 Å². The van der Waals surface area contributed by atoms with Gasteiger partial charge in [-0.05, 0) is 25.7 Å². The summed E-state index contributed by atoms with van der Waals surface area (Å²) in [5, 5.41) is 0. The maximum Gasteiger partial charge on any atom is 0.00887 e. The van der Waals surface area contributed by atoms with E-state index in [1.165, 1.54) is 19.3 Å². The van der Waals surface area contributed by atoms with Crippen LogP contribution in [-0.4, -0.2) is 0 Å². The van der Waals surface area contributed by atoms with Crippen LogP contribution in [0.1, 0.15) is 45.4 Å². The van der Waals surface area contributed by atoms with Gasteiger partial charge in [0.2, 0.25) is 0 Å². The molecule has 0 bridgehead atoms. The van der Waals surface area contributed by atoms with Gasteiger partial charge >= 0.3 is 0 Å². The normalized spacial score (nSPS) is 8.45. The summed E-state index contributed by atoms with van der Waals surface area (Å²) in [6.45, 7) is 5.83. The van der Waals surface area contributed by atoms with Crippen molar-refractivity contribution >= 4 is 0 Å². The zero-order valence-corrected chi connectivity index (χ0v) is 7.53. The first kappa shape index (κ1) is 10.3. The highest BCUT2D eigenvalue weighted by molar-refractivity contribution is 4.98.